The highest BCUT2D eigenvalue weighted by Gasteiger charge is 2.31. The molecule has 0 fully saturated rings. The van der Waals surface area contributed by atoms with Crippen molar-refractivity contribution < 1.29 is 32.6 Å². The normalized spacial score (nSPS) is 14.9. The second-order valence-electron chi connectivity index (χ2n) is 8.52. The van der Waals surface area contributed by atoms with Crippen LogP contribution in [0.25, 0.3) is 11.1 Å². The van der Waals surface area contributed by atoms with E-state index in [9.17, 15) is 22.8 Å². The Morgan fingerprint density at radius 3 is 2.31 bits per heavy atom. The van der Waals surface area contributed by atoms with E-state index in [1.54, 1.807) is 24.3 Å². The summed E-state index contributed by atoms with van der Waals surface area (Å²) in [5, 5.41) is 11.3. The van der Waals surface area contributed by atoms with Gasteiger partial charge in [-0.1, -0.05) is 42.5 Å². The smallest absolute Gasteiger partial charge is 0.481 e. The van der Waals surface area contributed by atoms with Gasteiger partial charge in [-0.15, -0.1) is 13.2 Å². The van der Waals surface area contributed by atoms with Crippen molar-refractivity contribution in [1.29, 1.82) is 0 Å². The van der Waals surface area contributed by atoms with Crippen LogP contribution in [-0.4, -0.2) is 29.9 Å². The molecule has 3 aromatic carbocycles. The van der Waals surface area contributed by atoms with Crippen LogP contribution >= 0.6 is 0 Å². The van der Waals surface area contributed by atoms with Gasteiger partial charge in [0.1, 0.15) is 5.75 Å². The van der Waals surface area contributed by atoms with Gasteiger partial charge in [-0.3, -0.25) is 9.59 Å². The van der Waals surface area contributed by atoms with Gasteiger partial charge >= 0.3 is 12.3 Å². The first-order chi connectivity index (χ1) is 16.7. The minimum atomic E-state index is -4.72. The molecule has 0 bridgehead atoms. The third kappa shape index (κ3) is 6.41. The Balaban J connectivity index is 1.43. The van der Waals surface area contributed by atoms with Gasteiger partial charge in [0.15, 0.2) is 0 Å². The molecule has 8 heteroatoms. The first-order valence-electron chi connectivity index (χ1n) is 11.3. The molecular weight excluding hydrogens is 459 g/mol. The standard InChI is InChI=1S/C27H24F3NO4/c28-27(29,30)35-23-11-9-18(10-12-23)21-7-5-19-6-8-22(24(19)16-21)15-17-1-3-20(4-2-17)26(34)31-14-13-25(32)33/h1-5,7,9-12,16,22H,6,8,13-15H2,(H,31,34)(H,32,33). The van der Waals surface area contributed by atoms with E-state index in [1.807, 2.05) is 18.2 Å². The van der Waals surface area contributed by atoms with Crippen molar-refractivity contribution in [2.45, 2.75) is 38.0 Å². The lowest BCUT2D eigenvalue weighted by atomic mass is 9.91. The molecule has 3 aromatic rings. The molecule has 5 nitrogen and oxygen atoms in total. The summed E-state index contributed by atoms with van der Waals surface area (Å²) in [6.07, 6.45) is -2.09. The number of ether oxygens (including phenoxy) is 1. The highest BCUT2D eigenvalue weighted by Crippen LogP contribution is 2.38. The molecule has 1 amide bonds. The number of hydrogen-bond acceptors (Lipinski definition) is 3. The van der Waals surface area contributed by atoms with Crippen molar-refractivity contribution in [3.05, 3.63) is 89.0 Å². The summed E-state index contributed by atoms with van der Waals surface area (Å²) < 4.78 is 41.2. The number of hydrogen-bond donors (Lipinski definition) is 2. The number of carboxylic acid groups (broad SMARTS) is 1. The van der Waals surface area contributed by atoms with Gasteiger partial charge in [-0.25, -0.2) is 0 Å². The fourth-order valence-corrected chi connectivity index (χ4v) is 4.39. The number of amides is 1. The Labute approximate surface area is 200 Å². The Morgan fingerprint density at radius 1 is 0.971 bits per heavy atom. The SMILES string of the molecule is O=C(O)CCNC(=O)c1ccc(CC2CCc3ccc(-c4ccc(OC(F)(F)F)cc4)cc32)cc1. The maximum atomic E-state index is 12.4. The molecule has 0 spiro atoms. The number of carboxylic acids is 1. The Bertz CT molecular complexity index is 1200. The summed E-state index contributed by atoms with van der Waals surface area (Å²) in [5.41, 5.74) is 5.81. The minimum Gasteiger partial charge on any atom is -0.481 e. The van der Waals surface area contributed by atoms with Crippen LogP contribution in [-0.2, 0) is 17.6 Å². The number of aliphatic carboxylic acids is 1. The fourth-order valence-electron chi connectivity index (χ4n) is 4.39. The average Bonchev–Trinajstić information content (AvgIpc) is 3.20. The van der Waals surface area contributed by atoms with Gasteiger partial charge < -0.3 is 15.2 Å². The topological polar surface area (TPSA) is 75.6 Å². The number of carbonyl (C=O) groups excluding carboxylic acids is 1. The molecule has 1 atom stereocenters. The summed E-state index contributed by atoms with van der Waals surface area (Å²) in [7, 11) is 0. The zero-order chi connectivity index (χ0) is 25.0. The molecule has 35 heavy (non-hydrogen) atoms. The minimum absolute atomic E-state index is 0.0786. The molecule has 0 aromatic heterocycles. The number of fused-ring (bicyclic) bond motifs is 1. The van der Waals surface area contributed by atoms with Gasteiger partial charge in [0, 0.05) is 12.1 Å². The molecule has 0 saturated heterocycles. The van der Waals surface area contributed by atoms with Gasteiger partial charge in [0.2, 0.25) is 0 Å². The van der Waals surface area contributed by atoms with Crippen LogP contribution in [0.5, 0.6) is 5.75 Å². The second-order valence-corrected chi connectivity index (χ2v) is 8.52. The van der Waals surface area contributed by atoms with Gasteiger partial charge in [-0.05, 0) is 77.3 Å². The Morgan fingerprint density at radius 2 is 1.66 bits per heavy atom. The Hall–Kier alpha value is -3.81. The lowest BCUT2D eigenvalue weighted by Crippen LogP contribution is -2.25. The number of benzene rings is 3. The van der Waals surface area contributed by atoms with E-state index in [1.165, 1.54) is 23.3 Å². The molecule has 1 unspecified atom stereocenters. The number of halogens is 3. The molecule has 1 aliphatic carbocycles. The second kappa shape index (κ2) is 10.2. The molecule has 0 radical (unpaired) electrons. The van der Waals surface area contributed by atoms with Crippen molar-refractivity contribution >= 4 is 11.9 Å². The number of rotatable bonds is 8. The molecule has 0 aliphatic heterocycles. The summed E-state index contributed by atoms with van der Waals surface area (Å²) in [6, 6.07) is 19.3. The van der Waals surface area contributed by atoms with Gasteiger partial charge in [0.05, 0.1) is 6.42 Å². The maximum Gasteiger partial charge on any atom is 0.573 e. The number of carbonyl (C=O) groups is 2. The van der Waals surface area contributed by atoms with Crippen molar-refractivity contribution in [2.24, 2.45) is 0 Å². The summed E-state index contributed by atoms with van der Waals surface area (Å²) in [6.45, 7) is 0.0786. The number of alkyl halides is 3. The molecular formula is C27H24F3NO4. The zero-order valence-electron chi connectivity index (χ0n) is 18.8. The van der Waals surface area contributed by atoms with Crippen molar-refractivity contribution in [3.63, 3.8) is 0 Å². The van der Waals surface area contributed by atoms with Crippen LogP contribution in [0.15, 0.2) is 66.7 Å². The molecule has 0 saturated carbocycles. The summed E-state index contributed by atoms with van der Waals surface area (Å²) >= 11 is 0. The number of aryl methyl sites for hydroxylation is 1. The molecule has 4 rings (SSSR count). The van der Waals surface area contributed by atoms with Crippen LogP contribution < -0.4 is 10.1 Å². The van der Waals surface area contributed by atoms with E-state index in [0.29, 0.717) is 11.5 Å². The predicted molar refractivity (Wildman–Crippen MR) is 124 cm³/mol. The quantitative estimate of drug-likeness (QED) is 0.429. The number of nitrogens with one attached hydrogen (secondary N) is 1. The predicted octanol–water partition coefficient (Wildman–Crippen LogP) is 5.73. The fraction of sp³-hybridized carbons (Fsp3) is 0.259. The third-order valence-electron chi connectivity index (χ3n) is 6.09. The highest BCUT2D eigenvalue weighted by atomic mass is 19.4. The van der Waals surface area contributed by atoms with Crippen LogP contribution in [0.3, 0.4) is 0 Å². The van der Waals surface area contributed by atoms with Crippen LogP contribution in [0, 0.1) is 0 Å². The third-order valence-corrected chi connectivity index (χ3v) is 6.09. The molecule has 182 valence electrons. The van der Waals surface area contributed by atoms with Crippen molar-refractivity contribution in [3.8, 4) is 16.9 Å². The summed E-state index contributed by atoms with van der Waals surface area (Å²) in [5.74, 6) is -1.22. The summed E-state index contributed by atoms with van der Waals surface area (Å²) in [4.78, 5) is 22.7. The maximum absolute atomic E-state index is 12.4. The first kappa shape index (κ1) is 24.3. The van der Waals surface area contributed by atoms with Crippen molar-refractivity contribution in [1.82, 2.24) is 5.32 Å². The van der Waals surface area contributed by atoms with E-state index in [4.69, 9.17) is 5.11 Å². The van der Waals surface area contributed by atoms with Crippen molar-refractivity contribution in [2.75, 3.05) is 6.54 Å². The van der Waals surface area contributed by atoms with E-state index in [-0.39, 0.29) is 24.6 Å². The largest absolute Gasteiger partial charge is 0.573 e. The first-order valence-corrected chi connectivity index (χ1v) is 11.3. The van der Waals surface area contributed by atoms with Gasteiger partial charge in [-0.2, -0.15) is 0 Å². The van der Waals surface area contributed by atoms with Crippen LogP contribution in [0.4, 0.5) is 13.2 Å². The lowest BCUT2D eigenvalue weighted by molar-refractivity contribution is -0.274. The highest BCUT2D eigenvalue weighted by molar-refractivity contribution is 5.94. The van der Waals surface area contributed by atoms with E-state index >= 15 is 0 Å². The van der Waals surface area contributed by atoms with E-state index in [0.717, 1.165) is 36.0 Å². The average molecular weight is 483 g/mol. The van der Waals surface area contributed by atoms with Crippen LogP contribution in [0.1, 0.15) is 45.8 Å². The monoisotopic (exact) mass is 483 g/mol. The molecule has 0 heterocycles. The zero-order valence-corrected chi connectivity index (χ0v) is 18.8. The lowest BCUT2D eigenvalue weighted by Gasteiger charge is -2.14. The molecule has 1 aliphatic rings. The van der Waals surface area contributed by atoms with Gasteiger partial charge in [0.25, 0.3) is 5.91 Å². The Kier molecular flexibility index (Phi) is 7.10. The van der Waals surface area contributed by atoms with E-state index in [2.05, 4.69) is 22.2 Å². The van der Waals surface area contributed by atoms with E-state index < -0.39 is 12.3 Å². The van der Waals surface area contributed by atoms with Crippen LogP contribution in [0.2, 0.25) is 0 Å². The molecule has 2 N–H and O–H groups in total.